The number of nitrogens with two attached hydrogens (primary N) is 1. The van der Waals surface area contributed by atoms with E-state index in [4.69, 9.17) is 15.2 Å². The third kappa shape index (κ3) is 2.31. The first-order chi connectivity index (χ1) is 7.25. The summed E-state index contributed by atoms with van der Waals surface area (Å²) in [6, 6.07) is 7.21. The summed E-state index contributed by atoms with van der Waals surface area (Å²) in [7, 11) is 0. The van der Waals surface area contributed by atoms with Crippen molar-refractivity contribution in [2.75, 3.05) is 18.9 Å². The number of hydrogen-bond donors (Lipinski definition) is 2. The fourth-order valence-corrected chi connectivity index (χ4v) is 1.32. The van der Waals surface area contributed by atoms with E-state index < -0.39 is 6.09 Å². The Kier molecular flexibility index (Phi) is 2.62. The minimum absolute atomic E-state index is 0.239. The Labute approximate surface area is 87.2 Å². The first-order valence-corrected chi connectivity index (χ1v) is 4.67. The number of rotatable bonds is 3. The van der Waals surface area contributed by atoms with Crippen LogP contribution in [0.25, 0.3) is 0 Å². The molecule has 1 saturated heterocycles. The van der Waals surface area contributed by atoms with Gasteiger partial charge in [-0.3, -0.25) is 0 Å². The number of nitrogen functional groups attached to an aromatic ring is 1. The molecule has 1 amide bonds. The highest BCUT2D eigenvalue weighted by atomic mass is 16.6. The van der Waals surface area contributed by atoms with E-state index in [9.17, 15) is 4.79 Å². The number of alkyl carbamates (subject to hydrolysis) is 1. The molecule has 1 aromatic carbocycles. The first-order valence-electron chi connectivity index (χ1n) is 4.67. The van der Waals surface area contributed by atoms with Gasteiger partial charge in [0.25, 0.3) is 0 Å². The number of para-hydroxylation sites is 2. The van der Waals surface area contributed by atoms with Crippen LogP contribution in [0.2, 0.25) is 0 Å². The van der Waals surface area contributed by atoms with Crippen molar-refractivity contribution in [2.45, 2.75) is 6.10 Å². The molecule has 1 aromatic rings. The van der Waals surface area contributed by atoms with E-state index in [1.54, 1.807) is 12.1 Å². The molecule has 0 aromatic heterocycles. The van der Waals surface area contributed by atoms with Crippen molar-refractivity contribution >= 4 is 11.8 Å². The van der Waals surface area contributed by atoms with Crippen LogP contribution in [-0.2, 0) is 4.74 Å². The molecule has 3 N–H and O–H groups in total. The van der Waals surface area contributed by atoms with Gasteiger partial charge >= 0.3 is 6.09 Å². The minimum Gasteiger partial charge on any atom is -0.487 e. The Morgan fingerprint density at radius 1 is 1.53 bits per heavy atom. The smallest absolute Gasteiger partial charge is 0.407 e. The number of hydrogen-bond acceptors (Lipinski definition) is 4. The quantitative estimate of drug-likeness (QED) is 0.719. The van der Waals surface area contributed by atoms with Crippen molar-refractivity contribution in [1.82, 2.24) is 5.32 Å². The van der Waals surface area contributed by atoms with E-state index in [2.05, 4.69) is 5.32 Å². The second-order valence-corrected chi connectivity index (χ2v) is 3.26. The molecule has 0 saturated carbocycles. The summed E-state index contributed by atoms with van der Waals surface area (Å²) in [6.07, 6.45) is -0.637. The fourth-order valence-electron chi connectivity index (χ4n) is 1.32. The van der Waals surface area contributed by atoms with E-state index in [0.29, 0.717) is 24.6 Å². The topological polar surface area (TPSA) is 73.6 Å². The van der Waals surface area contributed by atoms with Gasteiger partial charge in [-0.05, 0) is 12.1 Å². The van der Waals surface area contributed by atoms with Gasteiger partial charge < -0.3 is 20.5 Å². The predicted molar refractivity (Wildman–Crippen MR) is 54.6 cm³/mol. The van der Waals surface area contributed by atoms with Crippen LogP contribution >= 0.6 is 0 Å². The Hall–Kier alpha value is -1.91. The SMILES string of the molecule is Nc1ccccc1OCC1CNC(=O)O1. The van der Waals surface area contributed by atoms with Gasteiger partial charge in [0.1, 0.15) is 12.4 Å². The van der Waals surface area contributed by atoms with Gasteiger partial charge in [-0.2, -0.15) is 0 Å². The summed E-state index contributed by atoms with van der Waals surface area (Å²) in [4.78, 5) is 10.7. The van der Waals surface area contributed by atoms with Gasteiger partial charge in [-0.25, -0.2) is 4.79 Å². The van der Waals surface area contributed by atoms with Crippen molar-refractivity contribution in [3.05, 3.63) is 24.3 Å². The number of anilines is 1. The number of cyclic esters (lactones) is 1. The van der Waals surface area contributed by atoms with E-state index in [1.165, 1.54) is 0 Å². The monoisotopic (exact) mass is 208 g/mol. The normalized spacial score (nSPS) is 19.5. The average molecular weight is 208 g/mol. The molecule has 5 nitrogen and oxygen atoms in total. The summed E-state index contributed by atoms with van der Waals surface area (Å²) in [5, 5.41) is 2.55. The van der Waals surface area contributed by atoms with Gasteiger partial charge in [-0.15, -0.1) is 0 Å². The highest BCUT2D eigenvalue weighted by molar-refractivity contribution is 5.69. The minimum atomic E-state index is -0.398. The molecular weight excluding hydrogens is 196 g/mol. The van der Waals surface area contributed by atoms with Crippen molar-refractivity contribution in [1.29, 1.82) is 0 Å². The van der Waals surface area contributed by atoms with Crippen LogP contribution in [0.15, 0.2) is 24.3 Å². The van der Waals surface area contributed by atoms with Gasteiger partial charge in [0.2, 0.25) is 0 Å². The number of amides is 1. The lowest BCUT2D eigenvalue weighted by atomic mass is 10.3. The van der Waals surface area contributed by atoms with Crippen LogP contribution in [0.1, 0.15) is 0 Å². The lowest BCUT2D eigenvalue weighted by Gasteiger charge is -2.11. The molecular formula is C10H12N2O3. The molecule has 1 aliphatic heterocycles. The van der Waals surface area contributed by atoms with Crippen molar-refractivity contribution in [3.63, 3.8) is 0 Å². The van der Waals surface area contributed by atoms with Crippen LogP contribution in [0.4, 0.5) is 10.5 Å². The van der Waals surface area contributed by atoms with Gasteiger partial charge in [0.05, 0.1) is 12.2 Å². The number of nitrogens with one attached hydrogen (secondary N) is 1. The number of ether oxygens (including phenoxy) is 2. The predicted octanol–water partition coefficient (Wildman–Crippen LogP) is 0.756. The summed E-state index contributed by atoms with van der Waals surface area (Å²) in [6.45, 7) is 0.790. The zero-order valence-electron chi connectivity index (χ0n) is 8.10. The molecule has 0 bridgehead atoms. The molecule has 2 rings (SSSR count). The standard InChI is InChI=1S/C10H12N2O3/c11-8-3-1-2-4-9(8)14-6-7-5-12-10(13)15-7/h1-4,7H,5-6,11H2,(H,12,13). The largest absolute Gasteiger partial charge is 0.487 e. The Bertz CT molecular complexity index is 367. The zero-order valence-corrected chi connectivity index (χ0v) is 8.10. The van der Waals surface area contributed by atoms with E-state index in [0.717, 1.165) is 0 Å². The van der Waals surface area contributed by atoms with Crippen LogP contribution in [0.3, 0.4) is 0 Å². The van der Waals surface area contributed by atoms with Gasteiger partial charge in [0.15, 0.2) is 6.10 Å². The molecule has 0 aliphatic carbocycles. The molecule has 1 aliphatic rings. The number of carbonyl (C=O) groups is 1. The van der Waals surface area contributed by atoms with Crippen LogP contribution in [-0.4, -0.2) is 25.3 Å². The van der Waals surface area contributed by atoms with Crippen LogP contribution in [0, 0.1) is 0 Å². The van der Waals surface area contributed by atoms with E-state index >= 15 is 0 Å². The summed E-state index contributed by atoms with van der Waals surface area (Å²) < 4.78 is 10.3. The molecule has 0 radical (unpaired) electrons. The molecule has 1 fully saturated rings. The molecule has 0 spiro atoms. The third-order valence-corrected chi connectivity index (χ3v) is 2.09. The second kappa shape index (κ2) is 4.08. The second-order valence-electron chi connectivity index (χ2n) is 3.26. The lowest BCUT2D eigenvalue weighted by Crippen LogP contribution is -2.22. The maximum Gasteiger partial charge on any atom is 0.407 e. The summed E-state index contributed by atoms with van der Waals surface area (Å²) >= 11 is 0. The highest BCUT2D eigenvalue weighted by Crippen LogP contribution is 2.20. The van der Waals surface area contributed by atoms with Crippen LogP contribution in [0.5, 0.6) is 5.75 Å². The molecule has 5 heteroatoms. The van der Waals surface area contributed by atoms with Gasteiger partial charge in [0, 0.05) is 0 Å². The number of carbonyl (C=O) groups excluding carboxylic acids is 1. The first kappa shape index (κ1) is 9.64. The van der Waals surface area contributed by atoms with Crippen molar-refractivity contribution in [2.24, 2.45) is 0 Å². The Morgan fingerprint density at radius 3 is 3.00 bits per heavy atom. The zero-order chi connectivity index (χ0) is 10.7. The molecule has 1 atom stereocenters. The summed E-state index contributed by atoms with van der Waals surface area (Å²) in [5.74, 6) is 0.612. The van der Waals surface area contributed by atoms with Gasteiger partial charge in [-0.1, -0.05) is 12.1 Å². The maximum atomic E-state index is 10.7. The average Bonchev–Trinajstić information content (AvgIpc) is 2.63. The van der Waals surface area contributed by atoms with Crippen LogP contribution < -0.4 is 15.8 Å². The lowest BCUT2D eigenvalue weighted by molar-refractivity contribution is 0.105. The summed E-state index contributed by atoms with van der Waals surface area (Å²) in [5.41, 5.74) is 6.26. The van der Waals surface area contributed by atoms with E-state index in [-0.39, 0.29) is 6.10 Å². The number of benzene rings is 1. The molecule has 80 valence electrons. The highest BCUT2D eigenvalue weighted by Gasteiger charge is 2.22. The third-order valence-electron chi connectivity index (χ3n) is 2.09. The Balaban J connectivity index is 1.88. The Morgan fingerprint density at radius 2 is 2.33 bits per heavy atom. The maximum absolute atomic E-state index is 10.7. The van der Waals surface area contributed by atoms with E-state index in [1.807, 2.05) is 12.1 Å². The fraction of sp³-hybridized carbons (Fsp3) is 0.300. The van der Waals surface area contributed by atoms with Crippen molar-refractivity contribution in [3.8, 4) is 5.75 Å². The molecule has 15 heavy (non-hydrogen) atoms. The van der Waals surface area contributed by atoms with Crippen molar-refractivity contribution < 1.29 is 14.3 Å². The molecule has 1 heterocycles. The molecule has 1 unspecified atom stereocenters.